The lowest BCUT2D eigenvalue weighted by atomic mass is 9.95. The maximum atomic E-state index is 5.54. The fourth-order valence-corrected chi connectivity index (χ4v) is 2.89. The highest BCUT2D eigenvalue weighted by Crippen LogP contribution is 2.35. The topological polar surface area (TPSA) is 42.5 Å². The van der Waals surface area contributed by atoms with Gasteiger partial charge >= 0.3 is 0 Å². The SMILES string of the molecule is CNC(c1cc(OC)c(C)cc1OC)C1CCCN1. The summed E-state index contributed by atoms with van der Waals surface area (Å²) in [5, 5.41) is 6.96. The molecule has 1 aliphatic heterocycles. The number of benzene rings is 1. The first-order valence-corrected chi connectivity index (χ1v) is 6.84. The van der Waals surface area contributed by atoms with Crippen molar-refractivity contribution in [2.45, 2.75) is 31.8 Å². The second-order valence-electron chi connectivity index (χ2n) is 5.03. The summed E-state index contributed by atoms with van der Waals surface area (Å²) < 4.78 is 11.0. The summed E-state index contributed by atoms with van der Waals surface area (Å²) in [4.78, 5) is 0. The lowest BCUT2D eigenvalue weighted by Crippen LogP contribution is -2.36. The molecule has 1 aliphatic rings. The molecule has 1 aromatic rings. The fraction of sp³-hybridized carbons (Fsp3) is 0.600. The van der Waals surface area contributed by atoms with Gasteiger partial charge in [-0.1, -0.05) is 0 Å². The molecule has 2 rings (SSSR count). The molecule has 1 saturated heterocycles. The molecule has 2 atom stereocenters. The van der Waals surface area contributed by atoms with Crippen LogP contribution in [0.2, 0.25) is 0 Å². The van der Waals surface area contributed by atoms with E-state index in [1.807, 2.05) is 20.0 Å². The quantitative estimate of drug-likeness (QED) is 0.854. The Hall–Kier alpha value is -1.26. The standard InChI is InChI=1S/C15H24N2O2/c1-10-8-14(19-4)11(9-13(10)18-3)15(16-2)12-6-5-7-17-12/h8-9,12,15-17H,5-7H2,1-4H3. The molecule has 0 bridgehead atoms. The Labute approximate surface area is 115 Å². The van der Waals surface area contributed by atoms with Crippen molar-refractivity contribution in [3.63, 3.8) is 0 Å². The zero-order valence-electron chi connectivity index (χ0n) is 12.2. The highest BCUT2D eigenvalue weighted by Gasteiger charge is 2.27. The van der Waals surface area contributed by atoms with Crippen LogP contribution in [0.15, 0.2) is 12.1 Å². The zero-order valence-corrected chi connectivity index (χ0v) is 12.2. The third-order valence-electron chi connectivity index (χ3n) is 3.89. The van der Waals surface area contributed by atoms with Crippen molar-refractivity contribution in [1.82, 2.24) is 10.6 Å². The number of ether oxygens (including phenoxy) is 2. The zero-order chi connectivity index (χ0) is 13.8. The van der Waals surface area contributed by atoms with Crippen LogP contribution in [0.25, 0.3) is 0 Å². The smallest absolute Gasteiger partial charge is 0.124 e. The Morgan fingerprint density at radius 3 is 2.53 bits per heavy atom. The summed E-state index contributed by atoms with van der Waals surface area (Å²) >= 11 is 0. The van der Waals surface area contributed by atoms with Gasteiger partial charge in [-0.15, -0.1) is 0 Å². The molecule has 1 fully saturated rings. The van der Waals surface area contributed by atoms with Gasteiger partial charge in [0, 0.05) is 11.6 Å². The largest absolute Gasteiger partial charge is 0.496 e. The molecule has 0 spiro atoms. The molecule has 2 N–H and O–H groups in total. The second-order valence-corrected chi connectivity index (χ2v) is 5.03. The van der Waals surface area contributed by atoms with E-state index in [9.17, 15) is 0 Å². The Morgan fingerprint density at radius 2 is 2.00 bits per heavy atom. The van der Waals surface area contributed by atoms with Gasteiger partial charge in [0.1, 0.15) is 11.5 Å². The maximum Gasteiger partial charge on any atom is 0.124 e. The molecule has 0 aliphatic carbocycles. The van der Waals surface area contributed by atoms with Gasteiger partial charge < -0.3 is 20.1 Å². The van der Waals surface area contributed by atoms with Gasteiger partial charge in [-0.3, -0.25) is 0 Å². The second kappa shape index (κ2) is 6.26. The molecular weight excluding hydrogens is 240 g/mol. The van der Waals surface area contributed by atoms with Gasteiger partial charge in [0.15, 0.2) is 0 Å². The van der Waals surface area contributed by atoms with Crippen molar-refractivity contribution >= 4 is 0 Å². The molecule has 1 aromatic carbocycles. The van der Waals surface area contributed by atoms with E-state index in [4.69, 9.17) is 9.47 Å². The van der Waals surface area contributed by atoms with E-state index in [1.165, 1.54) is 12.8 Å². The molecule has 0 saturated carbocycles. The van der Waals surface area contributed by atoms with Crippen molar-refractivity contribution in [3.05, 3.63) is 23.3 Å². The summed E-state index contributed by atoms with van der Waals surface area (Å²) in [5.41, 5.74) is 2.25. The molecule has 106 valence electrons. The third kappa shape index (κ3) is 2.85. The van der Waals surface area contributed by atoms with E-state index < -0.39 is 0 Å². The minimum atomic E-state index is 0.243. The number of hydrogen-bond donors (Lipinski definition) is 2. The number of hydrogen-bond acceptors (Lipinski definition) is 4. The first-order chi connectivity index (χ1) is 9.21. The van der Waals surface area contributed by atoms with Crippen LogP contribution in [0.3, 0.4) is 0 Å². The highest BCUT2D eigenvalue weighted by atomic mass is 16.5. The van der Waals surface area contributed by atoms with Crippen LogP contribution in [-0.4, -0.2) is 33.9 Å². The number of aryl methyl sites for hydroxylation is 1. The highest BCUT2D eigenvalue weighted by molar-refractivity contribution is 5.48. The Balaban J connectivity index is 2.39. The van der Waals surface area contributed by atoms with Gasteiger partial charge in [0.05, 0.1) is 20.3 Å². The van der Waals surface area contributed by atoms with E-state index in [0.717, 1.165) is 29.2 Å². The number of likely N-dealkylation sites (N-methyl/N-ethyl adjacent to an activating group) is 1. The lowest BCUT2D eigenvalue weighted by molar-refractivity contribution is 0.374. The third-order valence-corrected chi connectivity index (χ3v) is 3.89. The van der Waals surface area contributed by atoms with E-state index in [2.05, 4.69) is 16.7 Å². The molecule has 2 unspecified atom stereocenters. The van der Waals surface area contributed by atoms with Gasteiger partial charge in [0.25, 0.3) is 0 Å². The average Bonchev–Trinajstić information content (AvgIpc) is 2.94. The van der Waals surface area contributed by atoms with Crippen LogP contribution >= 0.6 is 0 Å². The van der Waals surface area contributed by atoms with E-state index >= 15 is 0 Å². The number of nitrogens with one attached hydrogen (secondary N) is 2. The first-order valence-electron chi connectivity index (χ1n) is 6.84. The Kier molecular flexibility index (Phi) is 4.66. The number of rotatable bonds is 5. The van der Waals surface area contributed by atoms with Crippen LogP contribution in [0.5, 0.6) is 11.5 Å². The maximum absolute atomic E-state index is 5.54. The summed E-state index contributed by atoms with van der Waals surface area (Å²) in [6.07, 6.45) is 2.42. The normalized spacial score (nSPS) is 20.3. The Morgan fingerprint density at radius 1 is 1.26 bits per heavy atom. The molecule has 0 amide bonds. The van der Waals surface area contributed by atoms with E-state index in [-0.39, 0.29) is 6.04 Å². The minimum absolute atomic E-state index is 0.243. The molecule has 4 heteroatoms. The van der Waals surface area contributed by atoms with Crippen LogP contribution in [0.4, 0.5) is 0 Å². The molecule has 0 aromatic heterocycles. The van der Waals surface area contributed by atoms with Crippen molar-refractivity contribution < 1.29 is 9.47 Å². The average molecular weight is 264 g/mol. The van der Waals surface area contributed by atoms with Crippen molar-refractivity contribution in [3.8, 4) is 11.5 Å². The predicted molar refractivity (Wildman–Crippen MR) is 77.1 cm³/mol. The summed E-state index contributed by atoms with van der Waals surface area (Å²) in [5.74, 6) is 1.83. The van der Waals surface area contributed by atoms with E-state index in [1.54, 1.807) is 14.2 Å². The number of methoxy groups -OCH3 is 2. The van der Waals surface area contributed by atoms with Gasteiger partial charge in [-0.05, 0) is 51.1 Å². The predicted octanol–water partition coefficient (Wildman–Crippen LogP) is 2.02. The monoisotopic (exact) mass is 264 g/mol. The Bertz CT molecular complexity index is 428. The minimum Gasteiger partial charge on any atom is -0.496 e. The van der Waals surface area contributed by atoms with Gasteiger partial charge in [-0.25, -0.2) is 0 Å². The molecule has 4 nitrogen and oxygen atoms in total. The van der Waals surface area contributed by atoms with E-state index in [0.29, 0.717) is 6.04 Å². The van der Waals surface area contributed by atoms with Crippen LogP contribution in [0.1, 0.15) is 30.0 Å². The van der Waals surface area contributed by atoms with Crippen molar-refractivity contribution in [1.29, 1.82) is 0 Å². The first kappa shape index (κ1) is 14.2. The van der Waals surface area contributed by atoms with Crippen molar-refractivity contribution in [2.24, 2.45) is 0 Å². The lowest BCUT2D eigenvalue weighted by Gasteiger charge is -2.26. The molecule has 1 heterocycles. The van der Waals surface area contributed by atoms with Gasteiger partial charge in [0.2, 0.25) is 0 Å². The molecular formula is C15H24N2O2. The summed E-state index contributed by atoms with van der Waals surface area (Å²) in [7, 11) is 5.43. The molecule has 19 heavy (non-hydrogen) atoms. The van der Waals surface area contributed by atoms with Crippen LogP contribution in [0, 0.1) is 6.92 Å². The van der Waals surface area contributed by atoms with Crippen LogP contribution < -0.4 is 20.1 Å². The van der Waals surface area contributed by atoms with Crippen LogP contribution in [-0.2, 0) is 0 Å². The van der Waals surface area contributed by atoms with Gasteiger partial charge in [-0.2, -0.15) is 0 Å². The summed E-state index contributed by atoms with van der Waals surface area (Å²) in [6.45, 7) is 3.13. The van der Waals surface area contributed by atoms with Crippen molar-refractivity contribution in [2.75, 3.05) is 27.8 Å². The summed E-state index contributed by atoms with van der Waals surface area (Å²) in [6, 6.07) is 4.83. The fourth-order valence-electron chi connectivity index (χ4n) is 2.89. The molecule has 0 radical (unpaired) electrons.